The average molecular weight is 304 g/mol. The van der Waals surface area contributed by atoms with Crippen molar-refractivity contribution in [3.05, 3.63) is 35.6 Å². The maximum atomic E-state index is 13.0. The van der Waals surface area contributed by atoms with Crippen LogP contribution >= 0.6 is 0 Å². The smallest absolute Gasteiger partial charge is 0.167 e. The molecule has 120 valence electrons. The molecule has 0 aliphatic carbocycles. The lowest BCUT2D eigenvalue weighted by Gasteiger charge is -2.35. The highest BCUT2D eigenvalue weighted by Gasteiger charge is 2.28. The summed E-state index contributed by atoms with van der Waals surface area (Å²) in [5, 5.41) is 3.46. The summed E-state index contributed by atoms with van der Waals surface area (Å²) in [6, 6.07) is 5.98. The molecule has 1 aromatic carbocycles. The second kappa shape index (κ2) is 7.34. The molecule has 22 heavy (non-hydrogen) atoms. The van der Waals surface area contributed by atoms with Crippen LogP contribution in [0.4, 0.5) is 4.39 Å². The molecule has 3 nitrogen and oxygen atoms in total. The van der Waals surface area contributed by atoms with Crippen LogP contribution in [-0.2, 0) is 0 Å². The van der Waals surface area contributed by atoms with E-state index < -0.39 is 0 Å². The van der Waals surface area contributed by atoms with Gasteiger partial charge in [0.2, 0.25) is 0 Å². The summed E-state index contributed by atoms with van der Waals surface area (Å²) in [5.74, 6) is 0.669. The number of nitrogens with zero attached hydrogens (tertiary/aromatic N) is 1. The quantitative estimate of drug-likeness (QED) is 0.868. The van der Waals surface area contributed by atoms with E-state index in [1.807, 2.05) is 0 Å². The number of halogens is 1. The topological polar surface area (TPSA) is 32.3 Å². The lowest BCUT2D eigenvalue weighted by atomic mass is 9.89. The van der Waals surface area contributed by atoms with Crippen molar-refractivity contribution in [3.8, 4) is 0 Å². The van der Waals surface area contributed by atoms with E-state index in [2.05, 4.69) is 10.2 Å². The summed E-state index contributed by atoms with van der Waals surface area (Å²) in [6.45, 7) is 5.30. The molecule has 0 saturated carbocycles. The Kier molecular flexibility index (Phi) is 5.21. The van der Waals surface area contributed by atoms with Crippen molar-refractivity contribution < 1.29 is 9.18 Å². The first-order chi connectivity index (χ1) is 10.7. The van der Waals surface area contributed by atoms with E-state index in [1.54, 1.807) is 12.1 Å². The van der Waals surface area contributed by atoms with Crippen molar-refractivity contribution in [2.45, 2.75) is 25.7 Å². The van der Waals surface area contributed by atoms with Gasteiger partial charge in [0.25, 0.3) is 0 Å². The molecule has 1 N–H and O–H groups in total. The SMILES string of the molecule is O=C(c1ccc(F)cc1)C1CCCN(CC2CCCNC2)C1. The molecule has 0 spiro atoms. The van der Waals surface area contributed by atoms with Gasteiger partial charge in [-0.05, 0) is 75.5 Å². The van der Waals surface area contributed by atoms with E-state index in [9.17, 15) is 9.18 Å². The molecule has 2 aliphatic heterocycles. The highest BCUT2D eigenvalue weighted by Crippen LogP contribution is 2.23. The van der Waals surface area contributed by atoms with Crippen LogP contribution in [0.5, 0.6) is 0 Å². The monoisotopic (exact) mass is 304 g/mol. The van der Waals surface area contributed by atoms with Crippen LogP contribution in [0.1, 0.15) is 36.0 Å². The van der Waals surface area contributed by atoms with Crippen molar-refractivity contribution in [2.75, 3.05) is 32.7 Å². The minimum absolute atomic E-state index is 0.0655. The first kappa shape index (κ1) is 15.6. The summed E-state index contributed by atoms with van der Waals surface area (Å²) in [4.78, 5) is 15.0. The minimum Gasteiger partial charge on any atom is -0.316 e. The number of piperidine rings is 2. The van der Waals surface area contributed by atoms with Crippen LogP contribution in [0.2, 0.25) is 0 Å². The molecule has 2 unspecified atom stereocenters. The van der Waals surface area contributed by atoms with E-state index >= 15 is 0 Å². The lowest BCUT2D eigenvalue weighted by molar-refractivity contribution is 0.0792. The van der Waals surface area contributed by atoms with Crippen LogP contribution in [0.25, 0.3) is 0 Å². The molecule has 3 rings (SSSR count). The van der Waals surface area contributed by atoms with Gasteiger partial charge < -0.3 is 10.2 Å². The van der Waals surface area contributed by atoms with Crippen molar-refractivity contribution >= 4 is 5.78 Å². The van der Waals surface area contributed by atoms with Crippen LogP contribution in [-0.4, -0.2) is 43.4 Å². The van der Waals surface area contributed by atoms with Crippen LogP contribution in [0.15, 0.2) is 24.3 Å². The van der Waals surface area contributed by atoms with Gasteiger partial charge in [-0.3, -0.25) is 4.79 Å². The summed E-state index contributed by atoms with van der Waals surface area (Å²) in [6.07, 6.45) is 4.59. The van der Waals surface area contributed by atoms with E-state index in [-0.39, 0.29) is 17.5 Å². The molecule has 2 saturated heterocycles. The van der Waals surface area contributed by atoms with Crippen molar-refractivity contribution in [3.63, 3.8) is 0 Å². The number of nitrogens with one attached hydrogen (secondary N) is 1. The van der Waals surface area contributed by atoms with Crippen LogP contribution < -0.4 is 5.32 Å². The number of ketones is 1. The molecule has 0 bridgehead atoms. The Morgan fingerprint density at radius 3 is 2.77 bits per heavy atom. The van der Waals surface area contributed by atoms with Gasteiger partial charge in [0.05, 0.1) is 0 Å². The third kappa shape index (κ3) is 3.93. The number of benzene rings is 1. The van der Waals surface area contributed by atoms with E-state index in [4.69, 9.17) is 0 Å². The zero-order valence-corrected chi connectivity index (χ0v) is 13.1. The predicted octanol–water partition coefficient (Wildman–Crippen LogP) is 2.72. The van der Waals surface area contributed by atoms with Gasteiger partial charge >= 0.3 is 0 Å². The fourth-order valence-electron chi connectivity index (χ4n) is 3.73. The second-order valence-corrected chi connectivity index (χ2v) is 6.68. The van der Waals surface area contributed by atoms with Gasteiger partial charge in [-0.1, -0.05) is 0 Å². The van der Waals surface area contributed by atoms with Gasteiger partial charge in [-0.25, -0.2) is 4.39 Å². The second-order valence-electron chi connectivity index (χ2n) is 6.68. The molecule has 2 heterocycles. The van der Waals surface area contributed by atoms with Gasteiger partial charge in [-0.2, -0.15) is 0 Å². The fourth-order valence-corrected chi connectivity index (χ4v) is 3.73. The first-order valence-corrected chi connectivity index (χ1v) is 8.45. The maximum absolute atomic E-state index is 13.0. The zero-order valence-electron chi connectivity index (χ0n) is 13.1. The van der Waals surface area contributed by atoms with Gasteiger partial charge in [0, 0.05) is 24.6 Å². The molecular formula is C18H25FN2O. The Bertz CT molecular complexity index is 496. The molecule has 0 radical (unpaired) electrons. The predicted molar refractivity (Wildman–Crippen MR) is 85.5 cm³/mol. The molecule has 2 aliphatic rings. The van der Waals surface area contributed by atoms with Crippen molar-refractivity contribution in [2.24, 2.45) is 11.8 Å². The van der Waals surface area contributed by atoms with Gasteiger partial charge in [0.15, 0.2) is 5.78 Å². The Hall–Kier alpha value is -1.26. The third-order valence-electron chi connectivity index (χ3n) is 4.92. The number of likely N-dealkylation sites (tertiary alicyclic amines) is 1. The van der Waals surface area contributed by atoms with Gasteiger partial charge in [0.1, 0.15) is 5.82 Å². The minimum atomic E-state index is -0.286. The highest BCUT2D eigenvalue weighted by atomic mass is 19.1. The van der Waals surface area contributed by atoms with Crippen LogP contribution in [0.3, 0.4) is 0 Å². The largest absolute Gasteiger partial charge is 0.316 e. The number of hydrogen-bond acceptors (Lipinski definition) is 3. The Morgan fingerprint density at radius 1 is 1.23 bits per heavy atom. The average Bonchev–Trinajstić information content (AvgIpc) is 2.56. The van der Waals surface area contributed by atoms with Gasteiger partial charge in [-0.15, -0.1) is 0 Å². The number of carbonyl (C=O) groups is 1. The van der Waals surface area contributed by atoms with Crippen molar-refractivity contribution in [1.29, 1.82) is 0 Å². The first-order valence-electron chi connectivity index (χ1n) is 8.45. The van der Waals surface area contributed by atoms with Crippen LogP contribution in [0, 0.1) is 17.7 Å². The number of hydrogen-bond donors (Lipinski definition) is 1. The fraction of sp³-hybridized carbons (Fsp3) is 0.611. The molecular weight excluding hydrogens is 279 g/mol. The Balaban J connectivity index is 1.57. The number of Topliss-reactive ketones (excluding diaryl/α,β-unsaturated/α-hetero) is 1. The number of rotatable bonds is 4. The standard InChI is InChI=1S/C18H25FN2O/c19-17-7-5-15(6-8-17)18(22)16-4-2-10-21(13-16)12-14-3-1-9-20-11-14/h5-8,14,16,20H,1-4,9-13H2. The summed E-state index contributed by atoms with van der Waals surface area (Å²) < 4.78 is 13.0. The summed E-state index contributed by atoms with van der Waals surface area (Å²) in [7, 11) is 0. The van der Waals surface area contributed by atoms with E-state index in [0.717, 1.165) is 45.6 Å². The maximum Gasteiger partial charge on any atom is 0.167 e. The van der Waals surface area contributed by atoms with Crippen molar-refractivity contribution in [1.82, 2.24) is 10.2 Å². The Morgan fingerprint density at radius 2 is 2.05 bits per heavy atom. The zero-order chi connectivity index (χ0) is 15.4. The number of carbonyl (C=O) groups excluding carboxylic acids is 1. The van der Waals surface area contributed by atoms with E-state index in [1.165, 1.54) is 25.0 Å². The molecule has 2 fully saturated rings. The normalized spacial score (nSPS) is 26.8. The van der Waals surface area contributed by atoms with E-state index in [0.29, 0.717) is 11.5 Å². The Labute approximate surface area is 131 Å². The molecule has 0 amide bonds. The summed E-state index contributed by atoms with van der Waals surface area (Å²) in [5.41, 5.74) is 0.646. The highest BCUT2D eigenvalue weighted by molar-refractivity contribution is 5.98. The lowest BCUT2D eigenvalue weighted by Crippen LogP contribution is -2.44. The molecule has 0 aromatic heterocycles. The molecule has 1 aromatic rings. The third-order valence-corrected chi connectivity index (χ3v) is 4.92. The molecule has 4 heteroatoms. The molecule has 2 atom stereocenters. The summed E-state index contributed by atoms with van der Waals surface area (Å²) >= 11 is 0.